The summed E-state index contributed by atoms with van der Waals surface area (Å²) in [5.41, 5.74) is 0.413. The van der Waals surface area contributed by atoms with Crippen LogP contribution in [-0.2, 0) is 10.0 Å². The number of ether oxygens (including phenoxy) is 3. The number of carbonyl (C=O) groups excluding carboxylic acids is 1. The van der Waals surface area contributed by atoms with Crippen LogP contribution in [0.4, 0.5) is 5.69 Å². The number of hydrogen-bond acceptors (Lipinski definition) is 6. The molecule has 0 aliphatic carbocycles. The van der Waals surface area contributed by atoms with E-state index in [4.69, 9.17) is 14.2 Å². The minimum Gasteiger partial charge on any atom is -0.497 e. The van der Waals surface area contributed by atoms with Gasteiger partial charge in [-0.2, -0.15) is 0 Å². The van der Waals surface area contributed by atoms with Gasteiger partial charge >= 0.3 is 0 Å². The molecule has 140 valence electrons. The largest absolute Gasteiger partial charge is 0.497 e. The first-order valence-electron chi connectivity index (χ1n) is 7.51. The molecule has 0 spiro atoms. The Morgan fingerprint density at radius 3 is 2.19 bits per heavy atom. The lowest BCUT2D eigenvalue weighted by atomic mass is 10.2. The molecule has 0 unspecified atom stereocenters. The molecule has 0 aliphatic rings. The molecule has 2 rings (SSSR count). The lowest BCUT2D eigenvalue weighted by Gasteiger charge is -2.15. The SMILES string of the molecule is CNC(=O)c1ccc(OC)c(S(=O)(=O)Nc2ccc(OC)cc2OC)c1. The van der Waals surface area contributed by atoms with Crippen LogP contribution in [0.15, 0.2) is 41.3 Å². The first-order chi connectivity index (χ1) is 12.4. The molecule has 2 aromatic carbocycles. The zero-order chi connectivity index (χ0) is 19.3. The molecular formula is C17H20N2O6S. The summed E-state index contributed by atoms with van der Waals surface area (Å²) in [5, 5.41) is 2.45. The van der Waals surface area contributed by atoms with Crippen molar-refractivity contribution in [2.45, 2.75) is 4.90 Å². The summed E-state index contributed by atoms with van der Waals surface area (Å²) >= 11 is 0. The van der Waals surface area contributed by atoms with Crippen LogP contribution in [0, 0.1) is 0 Å². The summed E-state index contributed by atoms with van der Waals surface area (Å²) in [7, 11) is 1.67. The van der Waals surface area contributed by atoms with Crippen LogP contribution in [0.2, 0.25) is 0 Å². The summed E-state index contributed by atoms with van der Waals surface area (Å²) in [6, 6.07) is 8.81. The van der Waals surface area contributed by atoms with Crippen LogP contribution < -0.4 is 24.2 Å². The Kier molecular flexibility index (Phi) is 5.93. The predicted molar refractivity (Wildman–Crippen MR) is 96.7 cm³/mol. The van der Waals surface area contributed by atoms with Crippen molar-refractivity contribution in [1.29, 1.82) is 0 Å². The Hall–Kier alpha value is -2.94. The van der Waals surface area contributed by atoms with E-state index in [9.17, 15) is 13.2 Å². The van der Waals surface area contributed by atoms with Crippen LogP contribution in [0.1, 0.15) is 10.4 Å². The van der Waals surface area contributed by atoms with E-state index < -0.39 is 15.9 Å². The number of sulfonamides is 1. The van der Waals surface area contributed by atoms with Crippen molar-refractivity contribution >= 4 is 21.6 Å². The van der Waals surface area contributed by atoms with Gasteiger partial charge in [0.1, 0.15) is 22.1 Å². The van der Waals surface area contributed by atoms with Gasteiger partial charge < -0.3 is 19.5 Å². The third kappa shape index (κ3) is 3.99. The van der Waals surface area contributed by atoms with Crippen LogP contribution >= 0.6 is 0 Å². The molecular weight excluding hydrogens is 360 g/mol. The smallest absolute Gasteiger partial charge is 0.265 e. The minimum atomic E-state index is -4.05. The number of rotatable bonds is 7. The molecule has 0 heterocycles. The number of anilines is 1. The first-order valence-corrected chi connectivity index (χ1v) is 8.99. The summed E-state index contributed by atoms with van der Waals surface area (Å²) in [6.07, 6.45) is 0. The fraction of sp³-hybridized carbons (Fsp3) is 0.235. The molecule has 0 bridgehead atoms. The Bertz CT molecular complexity index is 911. The van der Waals surface area contributed by atoms with Gasteiger partial charge in [0, 0.05) is 18.7 Å². The number of benzene rings is 2. The highest BCUT2D eigenvalue weighted by atomic mass is 32.2. The zero-order valence-corrected chi connectivity index (χ0v) is 15.6. The second-order valence-electron chi connectivity index (χ2n) is 5.12. The third-order valence-corrected chi connectivity index (χ3v) is 4.98. The Morgan fingerprint density at radius 2 is 1.62 bits per heavy atom. The molecule has 2 aromatic rings. The summed E-state index contributed by atoms with van der Waals surface area (Å²) < 4.78 is 43.6. The number of nitrogens with one attached hydrogen (secondary N) is 2. The predicted octanol–water partition coefficient (Wildman–Crippen LogP) is 1.87. The first kappa shape index (κ1) is 19.4. The van der Waals surface area contributed by atoms with E-state index >= 15 is 0 Å². The number of amides is 1. The van der Waals surface area contributed by atoms with Crippen molar-refractivity contribution in [3.05, 3.63) is 42.0 Å². The van der Waals surface area contributed by atoms with E-state index in [1.54, 1.807) is 12.1 Å². The highest BCUT2D eigenvalue weighted by molar-refractivity contribution is 7.92. The molecule has 8 nitrogen and oxygen atoms in total. The van der Waals surface area contributed by atoms with Crippen LogP contribution in [-0.4, -0.2) is 42.7 Å². The second-order valence-corrected chi connectivity index (χ2v) is 6.77. The zero-order valence-electron chi connectivity index (χ0n) is 14.8. The maximum absolute atomic E-state index is 12.9. The van der Waals surface area contributed by atoms with E-state index in [0.29, 0.717) is 5.75 Å². The topological polar surface area (TPSA) is 103 Å². The van der Waals surface area contributed by atoms with Gasteiger partial charge in [-0.15, -0.1) is 0 Å². The molecule has 0 radical (unpaired) electrons. The van der Waals surface area contributed by atoms with Gasteiger partial charge in [-0.05, 0) is 30.3 Å². The molecule has 0 saturated heterocycles. The van der Waals surface area contributed by atoms with Crippen LogP contribution in [0.5, 0.6) is 17.2 Å². The number of methoxy groups -OCH3 is 3. The van der Waals surface area contributed by atoms with Crippen LogP contribution in [0.25, 0.3) is 0 Å². The average molecular weight is 380 g/mol. The van der Waals surface area contributed by atoms with Gasteiger partial charge in [-0.3, -0.25) is 9.52 Å². The van der Waals surface area contributed by atoms with Crippen molar-refractivity contribution in [3.63, 3.8) is 0 Å². The third-order valence-electron chi connectivity index (χ3n) is 3.60. The molecule has 0 atom stereocenters. The summed E-state index contributed by atoms with van der Waals surface area (Å²) in [6.45, 7) is 0. The highest BCUT2D eigenvalue weighted by Crippen LogP contribution is 2.33. The monoisotopic (exact) mass is 380 g/mol. The highest BCUT2D eigenvalue weighted by Gasteiger charge is 2.23. The van der Waals surface area contributed by atoms with Gasteiger partial charge in [0.25, 0.3) is 15.9 Å². The van der Waals surface area contributed by atoms with E-state index in [0.717, 1.165) is 0 Å². The fourth-order valence-corrected chi connectivity index (χ4v) is 3.52. The minimum absolute atomic E-state index is 0.109. The number of carbonyl (C=O) groups is 1. The van der Waals surface area contributed by atoms with Crippen molar-refractivity contribution in [2.24, 2.45) is 0 Å². The lowest BCUT2D eigenvalue weighted by molar-refractivity contribution is 0.0963. The van der Waals surface area contributed by atoms with Gasteiger partial charge in [-0.1, -0.05) is 0 Å². The average Bonchev–Trinajstić information content (AvgIpc) is 2.66. The maximum atomic E-state index is 12.9. The molecule has 0 fully saturated rings. The van der Waals surface area contributed by atoms with Gasteiger partial charge in [0.15, 0.2) is 0 Å². The maximum Gasteiger partial charge on any atom is 0.265 e. The number of hydrogen-bond donors (Lipinski definition) is 2. The Morgan fingerprint density at radius 1 is 0.923 bits per heavy atom. The fourth-order valence-electron chi connectivity index (χ4n) is 2.25. The van der Waals surface area contributed by atoms with Gasteiger partial charge in [0.05, 0.1) is 27.0 Å². The van der Waals surface area contributed by atoms with Gasteiger partial charge in [0.2, 0.25) is 0 Å². The Balaban J connectivity index is 2.49. The second kappa shape index (κ2) is 7.96. The summed E-state index contributed by atoms with van der Waals surface area (Å²) in [4.78, 5) is 11.7. The molecule has 1 amide bonds. The van der Waals surface area contributed by atoms with E-state index in [1.807, 2.05) is 0 Å². The van der Waals surface area contributed by atoms with Gasteiger partial charge in [-0.25, -0.2) is 8.42 Å². The van der Waals surface area contributed by atoms with Crippen molar-refractivity contribution in [3.8, 4) is 17.2 Å². The molecule has 0 aliphatic heterocycles. The quantitative estimate of drug-likeness (QED) is 0.760. The molecule has 0 aromatic heterocycles. The van der Waals surface area contributed by atoms with E-state index in [2.05, 4.69) is 10.0 Å². The Labute approximate surface area is 152 Å². The van der Waals surface area contributed by atoms with Crippen LogP contribution in [0.3, 0.4) is 0 Å². The molecule has 26 heavy (non-hydrogen) atoms. The summed E-state index contributed by atoms with van der Waals surface area (Å²) in [5.74, 6) is 0.502. The molecule has 2 N–H and O–H groups in total. The lowest BCUT2D eigenvalue weighted by Crippen LogP contribution is -2.20. The van der Waals surface area contributed by atoms with E-state index in [1.165, 1.54) is 52.6 Å². The standard InChI is InChI=1S/C17H20N2O6S/c1-18-17(20)11-5-8-14(24-3)16(9-11)26(21,22)19-13-7-6-12(23-2)10-15(13)25-4/h5-10,19H,1-4H3,(H,18,20). The van der Waals surface area contributed by atoms with Crippen molar-refractivity contribution < 1.29 is 27.4 Å². The molecule has 9 heteroatoms. The van der Waals surface area contributed by atoms with Crippen molar-refractivity contribution in [1.82, 2.24) is 5.32 Å². The van der Waals surface area contributed by atoms with E-state index in [-0.39, 0.29) is 27.6 Å². The normalized spacial score (nSPS) is 10.8. The van der Waals surface area contributed by atoms with Crippen molar-refractivity contribution in [2.75, 3.05) is 33.1 Å². The molecule has 0 saturated carbocycles.